The summed E-state index contributed by atoms with van der Waals surface area (Å²) in [5.74, 6) is -0.502. The van der Waals surface area contributed by atoms with Gasteiger partial charge in [-0.05, 0) is 24.1 Å². The molecule has 0 aliphatic carbocycles. The molecule has 5 heteroatoms. The van der Waals surface area contributed by atoms with Crippen LogP contribution in [0.15, 0.2) is 18.2 Å². The highest BCUT2D eigenvalue weighted by molar-refractivity contribution is 5.41. The van der Waals surface area contributed by atoms with E-state index in [-0.39, 0.29) is 17.4 Å². The highest BCUT2D eigenvalue weighted by Crippen LogP contribution is 2.33. The number of phenolic OH excluding ortho intramolecular Hbond substituents is 1. The number of alkyl halides is 3. The largest absolute Gasteiger partial charge is 0.573 e. The first-order valence-corrected chi connectivity index (χ1v) is 4.38. The SMILES string of the molecule is CC(C)c1cc(O)ccc1OC(F)(F)F. The minimum absolute atomic E-state index is 0.0757. The van der Waals surface area contributed by atoms with E-state index in [1.165, 1.54) is 6.07 Å². The molecule has 0 atom stereocenters. The van der Waals surface area contributed by atoms with Crippen molar-refractivity contribution in [2.75, 3.05) is 0 Å². The van der Waals surface area contributed by atoms with Crippen LogP contribution in [-0.2, 0) is 0 Å². The van der Waals surface area contributed by atoms with Crippen molar-refractivity contribution in [1.29, 1.82) is 0 Å². The quantitative estimate of drug-likeness (QED) is 0.827. The van der Waals surface area contributed by atoms with E-state index < -0.39 is 6.36 Å². The number of hydrogen-bond acceptors (Lipinski definition) is 2. The minimum Gasteiger partial charge on any atom is -0.508 e. The van der Waals surface area contributed by atoms with Gasteiger partial charge in [-0.15, -0.1) is 13.2 Å². The zero-order valence-electron chi connectivity index (χ0n) is 8.30. The lowest BCUT2D eigenvalue weighted by molar-refractivity contribution is -0.274. The Balaban J connectivity index is 3.06. The Kier molecular flexibility index (Phi) is 3.12. The molecule has 0 aliphatic heterocycles. The summed E-state index contributed by atoms with van der Waals surface area (Å²) in [6, 6.07) is 3.54. The molecule has 0 bridgehead atoms. The molecule has 15 heavy (non-hydrogen) atoms. The Bertz CT molecular complexity index is 345. The van der Waals surface area contributed by atoms with Crippen LogP contribution in [0, 0.1) is 0 Å². The molecule has 0 heterocycles. The van der Waals surface area contributed by atoms with E-state index in [4.69, 9.17) is 5.11 Å². The van der Waals surface area contributed by atoms with E-state index in [2.05, 4.69) is 4.74 Å². The molecule has 2 nitrogen and oxygen atoms in total. The van der Waals surface area contributed by atoms with Crippen molar-refractivity contribution in [2.24, 2.45) is 0 Å². The first-order chi connectivity index (χ1) is 6.79. The standard InChI is InChI=1S/C10H11F3O2/c1-6(2)8-5-7(14)3-4-9(8)15-10(11,12)13/h3-6,14H,1-2H3. The van der Waals surface area contributed by atoms with E-state index in [9.17, 15) is 13.2 Å². The van der Waals surface area contributed by atoms with E-state index in [0.29, 0.717) is 5.56 Å². The molecule has 0 aliphatic rings. The Labute approximate surface area is 85.3 Å². The molecule has 0 radical (unpaired) electrons. The molecule has 1 aromatic rings. The molecule has 0 aromatic heterocycles. The van der Waals surface area contributed by atoms with Crippen molar-refractivity contribution in [3.63, 3.8) is 0 Å². The number of aromatic hydroxyl groups is 1. The van der Waals surface area contributed by atoms with Gasteiger partial charge >= 0.3 is 6.36 Å². The third-order valence-corrected chi connectivity index (χ3v) is 1.84. The zero-order valence-corrected chi connectivity index (χ0v) is 8.30. The molecule has 0 unspecified atom stereocenters. The van der Waals surface area contributed by atoms with Gasteiger partial charge in [0, 0.05) is 5.56 Å². The van der Waals surface area contributed by atoms with Gasteiger partial charge in [-0.2, -0.15) is 0 Å². The lowest BCUT2D eigenvalue weighted by Gasteiger charge is -2.15. The lowest BCUT2D eigenvalue weighted by Crippen LogP contribution is -2.18. The van der Waals surface area contributed by atoms with Gasteiger partial charge in [-0.3, -0.25) is 0 Å². The number of phenols is 1. The maximum absolute atomic E-state index is 12.0. The van der Waals surface area contributed by atoms with E-state index >= 15 is 0 Å². The maximum Gasteiger partial charge on any atom is 0.573 e. The number of rotatable bonds is 2. The first kappa shape index (κ1) is 11.7. The molecule has 0 saturated heterocycles. The lowest BCUT2D eigenvalue weighted by atomic mass is 10.0. The Morgan fingerprint density at radius 1 is 1.27 bits per heavy atom. The Hall–Kier alpha value is -1.39. The van der Waals surface area contributed by atoms with Gasteiger partial charge < -0.3 is 9.84 Å². The van der Waals surface area contributed by atoms with Crippen molar-refractivity contribution < 1.29 is 23.0 Å². The van der Waals surface area contributed by atoms with E-state index in [1.54, 1.807) is 13.8 Å². The highest BCUT2D eigenvalue weighted by Gasteiger charge is 2.32. The van der Waals surface area contributed by atoms with Gasteiger partial charge in [0.1, 0.15) is 11.5 Å². The summed E-state index contributed by atoms with van der Waals surface area (Å²) in [4.78, 5) is 0. The van der Waals surface area contributed by atoms with Crippen LogP contribution >= 0.6 is 0 Å². The van der Waals surface area contributed by atoms with Crippen molar-refractivity contribution in [2.45, 2.75) is 26.1 Å². The first-order valence-electron chi connectivity index (χ1n) is 4.38. The fourth-order valence-electron chi connectivity index (χ4n) is 1.20. The van der Waals surface area contributed by atoms with Crippen molar-refractivity contribution >= 4 is 0 Å². The van der Waals surface area contributed by atoms with Crippen LogP contribution in [0.5, 0.6) is 11.5 Å². The maximum atomic E-state index is 12.0. The van der Waals surface area contributed by atoms with Crippen LogP contribution in [0.4, 0.5) is 13.2 Å². The molecule has 1 aromatic carbocycles. The second-order valence-electron chi connectivity index (χ2n) is 3.42. The highest BCUT2D eigenvalue weighted by atomic mass is 19.4. The molecule has 1 N–H and O–H groups in total. The summed E-state index contributed by atoms with van der Waals surface area (Å²) in [5, 5.41) is 9.15. The molecule has 0 amide bonds. The van der Waals surface area contributed by atoms with Gasteiger partial charge in [0.25, 0.3) is 0 Å². The smallest absolute Gasteiger partial charge is 0.508 e. The third kappa shape index (κ3) is 3.34. The molecule has 0 saturated carbocycles. The van der Waals surface area contributed by atoms with Crippen molar-refractivity contribution in [1.82, 2.24) is 0 Å². The molecule has 0 spiro atoms. The number of hydrogen-bond donors (Lipinski definition) is 1. The Morgan fingerprint density at radius 2 is 1.87 bits per heavy atom. The van der Waals surface area contributed by atoms with Crippen molar-refractivity contribution in [3.05, 3.63) is 23.8 Å². The summed E-state index contributed by atoms with van der Waals surface area (Å²) in [7, 11) is 0. The summed E-state index contributed by atoms with van der Waals surface area (Å²) >= 11 is 0. The third-order valence-electron chi connectivity index (χ3n) is 1.84. The number of halogens is 3. The Morgan fingerprint density at radius 3 is 2.33 bits per heavy atom. The predicted octanol–water partition coefficient (Wildman–Crippen LogP) is 3.41. The topological polar surface area (TPSA) is 29.5 Å². The van der Waals surface area contributed by atoms with Gasteiger partial charge in [0.15, 0.2) is 0 Å². The van der Waals surface area contributed by atoms with Crippen LogP contribution in [0.25, 0.3) is 0 Å². The van der Waals surface area contributed by atoms with Crippen LogP contribution in [0.1, 0.15) is 25.3 Å². The van der Waals surface area contributed by atoms with Gasteiger partial charge in [0.2, 0.25) is 0 Å². The second-order valence-corrected chi connectivity index (χ2v) is 3.42. The second kappa shape index (κ2) is 4.00. The average molecular weight is 220 g/mol. The number of benzene rings is 1. The van der Waals surface area contributed by atoms with Crippen LogP contribution in [0.2, 0.25) is 0 Å². The monoisotopic (exact) mass is 220 g/mol. The molecule has 84 valence electrons. The predicted molar refractivity (Wildman–Crippen MR) is 48.9 cm³/mol. The van der Waals surface area contributed by atoms with Crippen LogP contribution < -0.4 is 4.74 Å². The van der Waals surface area contributed by atoms with Crippen LogP contribution in [0.3, 0.4) is 0 Å². The average Bonchev–Trinajstić information content (AvgIpc) is 2.05. The van der Waals surface area contributed by atoms with E-state index in [1.807, 2.05) is 0 Å². The van der Waals surface area contributed by atoms with Crippen molar-refractivity contribution in [3.8, 4) is 11.5 Å². The molecular formula is C10H11F3O2. The summed E-state index contributed by atoms with van der Waals surface area (Å²) in [6.45, 7) is 3.44. The molecule has 1 rings (SSSR count). The van der Waals surface area contributed by atoms with Crippen LogP contribution in [-0.4, -0.2) is 11.5 Å². The fourth-order valence-corrected chi connectivity index (χ4v) is 1.20. The van der Waals surface area contributed by atoms with Gasteiger partial charge in [-0.1, -0.05) is 13.8 Å². The fraction of sp³-hybridized carbons (Fsp3) is 0.400. The summed E-state index contributed by atoms with van der Waals surface area (Å²) in [6.07, 6.45) is -4.71. The number of ether oxygens (including phenoxy) is 1. The minimum atomic E-state index is -4.71. The van der Waals surface area contributed by atoms with E-state index in [0.717, 1.165) is 12.1 Å². The normalized spacial score (nSPS) is 11.9. The van der Waals surface area contributed by atoms with Gasteiger partial charge in [0.05, 0.1) is 0 Å². The summed E-state index contributed by atoms with van der Waals surface area (Å²) in [5.41, 5.74) is 0.326. The molecular weight excluding hydrogens is 209 g/mol. The summed E-state index contributed by atoms with van der Waals surface area (Å²) < 4.78 is 39.8. The van der Waals surface area contributed by atoms with Gasteiger partial charge in [-0.25, -0.2) is 0 Å². The zero-order chi connectivity index (χ0) is 11.6. The molecule has 0 fully saturated rings.